The van der Waals surface area contributed by atoms with Crippen molar-refractivity contribution >= 4 is 0 Å². The van der Waals surface area contributed by atoms with Crippen molar-refractivity contribution < 1.29 is 9.13 Å². The second kappa shape index (κ2) is 5.98. The quantitative estimate of drug-likeness (QED) is 0.915. The number of nitrogens with two attached hydrogens (primary N) is 1. The van der Waals surface area contributed by atoms with Gasteiger partial charge in [-0.1, -0.05) is 30.3 Å². The summed E-state index contributed by atoms with van der Waals surface area (Å²) in [4.78, 5) is 0. The molecule has 2 aromatic rings. The van der Waals surface area contributed by atoms with Crippen molar-refractivity contribution in [3.05, 3.63) is 65.5 Å². The van der Waals surface area contributed by atoms with Crippen LogP contribution in [-0.2, 0) is 0 Å². The number of rotatable bonds is 4. The van der Waals surface area contributed by atoms with E-state index in [2.05, 4.69) is 0 Å². The molecular formula is C15H13FN2O. The first-order valence-electron chi connectivity index (χ1n) is 5.86. The van der Waals surface area contributed by atoms with E-state index in [1.807, 2.05) is 36.4 Å². The van der Waals surface area contributed by atoms with Crippen LogP contribution in [0, 0.1) is 17.1 Å². The van der Waals surface area contributed by atoms with Crippen LogP contribution < -0.4 is 10.5 Å². The predicted molar refractivity (Wildman–Crippen MR) is 70.0 cm³/mol. The Labute approximate surface area is 111 Å². The Morgan fingerprint density at radius 3 is 2.53 bits per heavy atom. The summed E-state index contributed by atoms with van der Waals surface area (Å²) in [6, 6.07) is 15.4. The zero-order valence-electron chi connectivity index (χ0n) is 10.2. The number of hydrogen-bond acceptors (Lipinski definition) is 3. The lowest BCUT2D eigenvalue weighted by Gasteiger charge is -2.18. The fraction of sp³-hybridized carbons (Fsp3) is 0.133. The van der Waals surface area contributed by atoms with Gasteiger partial charge in [0.15, 0.2) is 11.6 Å². The molecule has 2 aromatic carbocycles. The van der Waals surface area contributed by atoms with Crippen molar-refractivity contribution in [3.8, 4) is 11.8 Å². The third kappa shape index (κ3) is 3.09. The second-order valence-electron chi connectivity index (χ2n) is 4.01. The van der Waals surface area contributed by atoms with Gasteiger partial charge in [0.25, 0.3) is 0 Å². The molecule has 0 saturated carbocycles. The fourth-order valence-electron chi connectivity index (χ4n) is 1.74. The Morgan fingerprint density at radius 1 is 1.21 bits per heavy atom. The van der Waals surface area contributed by atoms with E-state index in [0.29, 0.717) is 0 Å². The maximum absolute atomic E-state index is 13.7. The zero-order chi connectivity index (χ0) is 13.7. The summed E-state index contributed by atoms with van der Waals surface area (Å²) in [5.41, 5.74) is 6.80. The van der Waals surface area contributed by atoms with E-state index >= 15 is 0 Å². The van der Waals surface area contributed by atoms with Crippen LogP contribution in [0.1, 0.15) is 17.2 Å². The largest absolute Gasteiger partial charge is 0.481 e. The summed E-state index contributed by atoms with van der Waals surface area (Å²) in [7, 11) is 0. The van der Waals surface area contributed by atoms with Crippen LogP contribution in [0.5, 0.6) is 5.75 Å². The highest BCUT2D eigenvalue weighted by Crippen LogP contribution is 2.24. The Morgan fingerprint density at radius 2 is 1.95 bits per heavy atom. The lowest BCUT2D eigenvalue weighted by molar-refractivity contribution is 0.204. The van der Waals surface area contributed by atoms with Gasteiger partial charge in [-0.15, -0.1) is 0 Å². The lowest BCUT2D eigenvalue weighted by atomic mass is 10.1. The predicted octanol–water partition coefficient (Wildman–Crippen LogP) is 2.78. The Hall–Kier alpha value is -2.38. The summed E-state index contributed by atoms with van der Waals surface area (Å²) in [5.74, 6) is -0.466. The molecule has 3 nitrogen and oxygen atoms in total. The van der Waals surface area contributed by atoms with Gasteiger partial charge in [-0.2, -0.15) is 5.26 Å². The molecule has 4 heteroatoms. The smallest absolute Gasteiger partial charge is 0.166 e. The molecule has 1 atom stereocenters. The van der Waals surface area contributed by atoms with Crippen molar-refractivity contribution in [2.24, 2.45) is 5.73 Å². The average molecular weight is 256 g/mol. The molecule has 0 amide bonds. The van der Waals surface area contributed by atoms with Crippen LogP contribution >= 0.6 is 0 Å². The highest BCUT2D eigenvalue weighted by atomic mass is 19.1. The molecule has 0 aliphatic rings. The van der Waals surface area contributed by atoms with Crippen LogP contribution in [-0.4, -0.2) is 6.54 Å². The molecule has 0 bridgehead atoms. The van der Waals surface area contributed by atoms with Gasteiger partial charge in [-0.3, -0.25) is 0 Å². The van der Waals surface area contributed by atoms with E-state index in [4.69, 9.17) is 15.7 Å². The van der Waals surface area contributed by atoms with E-state index in [9.17, 15) is 4.39 Å². The van der Waals surface area contributed by atoms with Gasteiger partial charge >= 0.3 is 0 Å². The Balaban J connectivity index is 2.22. The molecule has 1 unspecified atom stereocenters. The molecule has 19 heavy (non-hydrogen) atoms. The summed E-state index contributed by atoms with van der Waals surface area (Å²) in [6.07, 6.45) is -0.413. The fourth-order valence-corrected chi connectivity index (χ4v) is 1.74. The average Bonchev–Trinajstić information content (AvgIpc) is 2.47. The number of nitriles is 1. The number of benzene rings is 2. The molecule has 0 heterocycles. The SMILES string of the molecule is N#Cc1ccc(OC(CN)c2ccccc2)c(F)c1. The molecule has 0 aromatic heterocycles. The van der Waals surface area contributed by atoms with Crippen LogP contribution in [0.4, 0.5) is 4.39 Å². The molecule has 2 rings (SSSR count). The number of hydrogen-bond donors (Lipinski definition) is 1. The van der Waals surface area contributed by atoms with Crippen molar-refractivity contribution in [2.45, 2.75) is 6.10 Å². The highest BCUT2D eigenvalue weighted by molar-refractivity contribution is 5.36. The topological polar surface area (TPSA) is 59.0 Å². The molecule has 96 valence electrons. The van der Waals surface area contributed by atoms with Crippen LogP contribution in [0.2, 0.25) is 0 Å². The van der Waals surface area contributed by atoms with Crippen molar-refractivity contribution in [1.29, 1.82) is 5.26 Å². The van der Waals surface area contributed by atoms with Gasteiger partial charge in [-0.25, -0.2) is 4.39 Å². The molecule has 0 aliphatic heterocycles. The zero-order valence-corrected chi connectivity index (χ0v) is 10.2. The third-order valence-electron chi connectivity index (χ3n) is 2.72. The molecule has 0 fully saturated rings. The standard InChI is InChI=1S/C15H13FN2O/c16-13-8-11(9-17)6-7-14(13)19-15(10-18)12-4-2-1-3-5-12/h1-8,15H,10,18H2. The number of nitrogens with zero attached hydrogens (tertiary/aromatic N) is 1. The lowest BCUT2D eigenvalue weighted by Crippen LogP contribution is -2.18. The summed E-state index contributed by atoms with van der Waals surface area (Å²) < 4.78 is 19.3. The van der Waals surface area contributed by atoms with Gasteiger partial charge in [0, 0.05) is 6.54 Å². The number of halogens is 1. The Bertz CT molecular complexity index is 593. The molecular weight excluding hydrogens is 243 g/mol. The molecule has 0 spiro atoms. The van der Waals surface area contributed by atoms with E-state index in [-0.39, 0.29) is 17.9 Å². The maximum atomic E-state index is 13.7. The minimum atomic E-state index is -0.562. The van der Waals surface area contributed by atoms with E-state index in [1.165, 1.54) is 12.1 Å². The monoisotopic (exact) mass is 256 g/mol. The van der Waals surface area contributed by atoms with Crippen LogP contribution in [0.25, 0.3) is 0 Å². The normalized spacial score (nSPS) is 11.6. The molecule has 0 aliphatic carbocycles. The summed E-state index contributed by atoms with van der Waals surface area (Å²) in [5, 5.41) is 8.68. The van der Waals surface area contributed by atoms with Crippen molar-refractivity contribution in [1.82, 2.24) is 0 Å². The first-order chi connectivity index (χ1) is 9.24. The molecule has 0 radical (unpaired) electrons. The van der Waals surface area contributed by atoms with Gasteiger partial charge in [-0.05, 0) is 23.8 Å². The third-order valence-corrected chi connectivity index (χ3v) is 2.72. The van der Waals surface area contributed by atoms with Crippen molar-refractivity contribution in [2.75, 3.05) is 6.54 Å². The second-order valence-corrected chi connectivity index (χ2v) is 4.01. The van der Waals surface area contributed by atoms with E-state index in [0.717, 1.165) is 11.6 Å². The summed E-state index contributed by atoms with van der Waals surface area (Å²) >= 11 is 0. The maximum Gasteiger partial charge on any atom is 0.166 e. The van der Waals surface area contributed by atoms with Crippen LogP contribution in [0.15, 0.2) is 48.5 Å². The first-order valence-corrected chi connectivity index (χ1v) is 5.86. The minimum Gasteiger partial charge on any atom is -0.481 e. The number of ether oxygens (including phenoxy) is 1. The minimum absolute atomic E-state index is 0.0957. The Kier molecular flexibility index (Phi) is 4.11. The van der Waals surface area contributed by atoms with Crippen molar-refractivity contribution in [3.63, 3.8) is 0 Å². The molecule has 0 saturated heterocycles. The van der Waals surface area contributed by atoms with E-state index < -0.39 is 11.9 Å². The van der Waals surface area contributed by atoms with E-state index in [1.54, 1.807) is 0 Å². The van der Waals surface area contributed by atoms with Gasteiger partial charge < -0.3 is 10.5 Å². The van der Waals surface area contributed by atoms with Crippen LogP contribution in [0.3, 0.4) is 0 Å². The van der Waals surface area contributed by atoms with Gasteiger partial charge in [0.05, 0.1) is 11.6 Å². The first kappa shape index (κ1) is 13.1. The van der Waals surface area contributed by atoms with Gasteiger partial charge in [0.1, 0.15) is 6.10 Å². The summed E-state index contributed by atoms with van der Waals surface area (Å²) in [6.45, 7) is 0.240. The van der Waals surface area contributed by atoms with Gasteiger partial charge in [0.2, 0.25) is 0 Å². The molecule has 2 N–H and O–H groups in total. The highest BCUT2D eigenvalue weighted by Gasteiger charge is 2.14.